The quantitative estimate of drug-likeness (QED) is 0.626. The van der Waals surface area contributed by atoms with Crippen LogP contribution in [-0.2, 0) is 0 Å². The van der Waals surface area contributed by atoms with Gasteiger partial charge in [0.2, 0.25) is 0 Å². The Balaban J connectivity index is 1.91. The SMILES string of the molecule is O=C(Nc1ccc2[nH]c(=S)sc2c1)c1ccc[nH]1. The minimum atomic E-state index is -0.154. The van der Waals surface area contributed by atoms with E-state index >= 15 is 0 Å². The lowest BCUT2D eigenvalue weighted by Crippen LogP contribution is -2.11. The number of carbonyl (C=O) groups excluding carboxylic acids is 1. The molecule has 3 aromatic rings. The van der Waals surface area contributed by atoms with Crippen molar-refractivity contribution in [2.75, 3.05) is 5.32 Å². The lowest BCUT2D eigenvalue weighted by molar-refractivity contribution is 0.102. The lowest BCUT2D eigenvalue weighted by Gasteiger charge is -2.03. The summed E-state index contributed by atoms with van der Waals surface area (Å²) in [5.74, 6) is -0.154. The second-order valence-electron chi connectivity index (χ2n) is 3.76. The molecular formula is C12H9N3OS2. The van der Waals surface area contributed by atoms with Gasteiger partial charge in [0, 0.05) is 11.9 Å². The molecule has 3 N–H and O–H groups in total. The fourth-order valence-electron chi connectivity index (χ4n) is 1.69. The van der Waals surface area contributed by atoms with E-state index in [9.17, 15) is 4.79 Å². The number of aromatic nitrogens is 2. The number of benzene rings is 1. The van der Waals surface area contributed by atoms with E-state index in [-0.39, 0.29) is 5.91 Å². The van der Waals surface area contributed by atoms with Crippen LogP contribution in [0, 0.1) is 3.95 Å². The maximum absolute atomic E-state index is 11.8. The first-order valence-electron chi connectivity index (χ1n) is 5.30. The molecule has 6 heteroatoms. The van der Waals surface area contributed by atoms with Crippen molar-refractivity contribution in [1.29, 1.82) is 0 Å². The minimum absolute atomic E-state index is 0.154. The number of hydrogen-bond donors (Lipinski definition) is 3. The highest BCUT2D eigenvalue weighted by atomic mass is 32.1. The first-order valence-corrected chi connectivity index (χ1v) is 6.52. The number of H-pyrrole nitrogens is 2. The Bertz CT molecular complexity index is 755. The highest BCUT2D eigenvalue weighted by molar-refractivity contribution is 7.73. The molecule has 0 fully saturated rings. The van der Waals surface area contributed by atoms with Gasteiger partial charge in [-0.2, -0.15) is 0 Å². The van der Waals surface area contributed by atoms with E-state index in [2.05, 4.69) is 15.3 Å². The maximum Gasteiger partial charge on any atom is 0.272 e. The second-order valence-corrected chi connectivity index (χ2v) is 5.48. The molecule has 0 aliphatic heterocycles. The van der Waals surface area contributed by atoms with E-state index in [1.165, 1.54) is 11.3 Å². The van der Waals surface area contributed by atoms with Crippen LogP contribution < -0.4 is 5.32 Å². The topological polar surface area (TPSA) is 60.7 Å². The normalized spacial score (nSPS) is 10.7. The summed E-state index contributed by atoms with van der Waals surface area (Å²) in [4.78, 5) is 17.8. The second kappa shape index (κ2) is 4.40. The molecule has 1 aromatic carbocycles. The average molecular weight is 275 g/mol. The molecule has 0 saturated heterocycles. The van der Waals surface area contributed by atoms with Crippen LogP contribution in [0.15, 0.2) is 36.5 Å². The van der Waals surface area contributed by atoms with Crippen LogP contribution in [0.2, 0.25) is 0 Å². The number of amides is 1. The molecule has 0 unspecified atom stereocenters. The third kappa shape index (κ3) is 2.07. The summed E-state index contributed by atoms with van der Waals surface area (Å²) >= 11 is 6.57. The van der Waals surface area contributed by atoms with Crippen LogP contribution in [0.5, 0.6) is 0 Å². The number of fused-ring (bicyclic) bond motifs is 1. The molecule has 0 radical (unpaired) electrons. The number of anilines is 1. The molecule has 0 aliphatic carbocycles. The molecule has 0 aliphatic rings. The smallest absolute Gasteiger partial charge is 0.272 e. The van der Waals surface area contributed by atoms with Gasteiger partial charge in [-0.1, -0.05) is 0 Å². The molecule has 4 nitrogen and oxygen atoms in total. The number of carbonyl (C=O) groups is 1. The Hall–Kier alpha value is -1.92. The molecular weight excluding hydrogens is 266 g/mol. The molecule has 2 heterocycles. The lowest BCUT2D eigenvalue weighted by atomic mass is 10.3. The third-order valence-electron chi connectivity index (χ3n) is 2.52. The van der Waals surface area contributed by atoms with Crippen LogP contribution in [-0.4, -0.2) is 15.9 Å². The predicted octanol–water partition coefficient (Wildman–Crippen LogP) is 3.54. The third-order valence-corrected chi connectivity index (χ3v) is 3.72. The van der Waals surface area contributed by atoms with Gasteiger partial charge in [0.25, 0.3) is 5.91 Å². The zero-order chi connectivity index (χ0) is 12.5. The van der Waals surface area contributed by atoms with E-state index in [1.54, 1.807) is 18.3 Å². The number of aromatic amines is 2. The Morgan fingerprint density at radius 3 is 3.00 bits per heavy atom. The summed E-state index contributed by atoms with van der Waals surface area (Å²) in [5, 5.41) is 2.83. The van der Waals surface area contributed by atoms with Gasteiger partial charge in [-0.3, -0.25) is 4.79 Å². The zero-order valence-electron chi connectivity index (χ0n) is 9.19. The molecule has 90 valence electrons. The fraction of sp³-hybridized carbons (Fsp3) is 0. The molecule has 0 bridgehead atoms. The Labute approximate surface area is 112 Å². The molecule has 0 atom stereocenters. The molecule has 18 heavy (non-hydrogen) atoms. The van der Waals surface area contributed by atoms with Gasteiger partial charge in [0.05, 0.1) is 10.2 Å². The first kappa shape index (κ1) is 11.2. The van der Waals surface area contributed by atoms with Gasteiger partial charge >= 0.3 is 0 Å². The molecule has 0 saturated carbocycles. The number of nitrogens with one attached hydrogen (secondary N) is 3. The summed E-state index contributed by atoms with van der Waals surface area (Å²) in [7, 11) is 0. The van der Waals surface area contributed by atoms with Crippen LogP contribution in [0.25, 0.3) is 10.2 Å². The van der Waals surface area contributed by atoms with Crippen molar-refractivity contribution >= 4 is 45.4 Å². The Morgan fingerprint density at radius 2 is 2.22 bits per heavy atom. The molecule has 0 spiro atoms. The van der Waals surface area contributed by atoms with E-state index in [4.69, 9.17) is 12.2 Å². The molecule has 3 rings (SSSR count). The molecule has 2 aromatic heterocycles. The largest absolute Gasteiger partial charge is 0.357 e. The number of rotatable bonds is 2. The van der Waals surface area contributed by atoms with Crippen molar-refractivity contribution in [1.82, 2.24) is 9.97 Å². The van der Waals surface area contributed by atoms with E-state index in [0.29, 0.717) is 5.69 Å². The van der Waals surface area contributed by atoms with E-state index < -0.39 is 0 Å². The summed E-state index contributed by atoms with van der Waals surface area (Å²) in [6.45, 7) is 0. The van der Waals surface area contributed by atoms with Crippen molar-refractivity contribution < 1.29 is 4.79 Å². The molecule has 1 amide bonds. The van der Waals surface area contributed by atoms with Crippen molar-refractivity contribution in [2.45, 2.75) is 0 Å². The monoisotopic (exact) mass is 275 g/mol. The van der Waals surface area contributed by atoms with Crippen LogP contribution in [0.3, 0.4) is 0 Å². The van der Waals surface area contributed by atoms with Crippen molar-refractivity contribution in [3.63, 3.8) is 0 Å². The van der Waals surface area contributed by atoms with Gasteiger partial charge in [0.15, 0.2) is 3.95 Å². The van der Waals surface area contributed by atoms with E-state index in [1.807, 2.05) is 18.2 Å². The van der Waals surface area contributed by atoms with Crippen LogP contribution >= 0.6 is 23.6 Å². The fourth-order valence-corrected chi connectivity index (χ4v) is 2.85. The average Bonchev–Trinajstić information content (AvgIpc) is 2.95. The summed E-state index contributed by atoms with van der Waals surface area (Å²) in [5.41, 5.74) is 2.28. The summed E-state index contributed by atoms with van der Waals surface area (Å²) < 4.78 is 1.77. The first-order chi connectivity index (χ1) is 8.72. The van der Waals surface area contributed by atoms with Gasteiger partial charge in [-0.05, 0) is 42.5 Å². The summed E-state index contributed by atoms with van der Waals surface area (Å²) in [6, 6.07) is 9.18. The zero-order valence-corrected chi connectivity index (χ0v) is 10.8. The van der Waals surface area contributed by atoms with Gasteiger partial charge in [-0.25, -0.2) is 0 Å². The summed E-state index contributed by atoms with van der Waals surface area (Å²) in [6.07, 6.45) is 1.72. The number of thiazole rings is 1. The van der Waals surface area contributed by atoms with Gasteiger partial charge < -0.3 is 15.3 Å². The Kier molecular flexibility index (Phi) is 2.73. The van der Waals surface area contributed by atoms with Crippen LogP contribution in [0.1, 0.15) is 10.5 Å². The maximum atomic E-state index is 11.8. The van der Waals surface area contributed by atoms with Gasteiger partial charge in [-0.15, -0.1) is 11.3 Å². The standard InChI is InChI=1S/C12H9N3OS2/c16-11(9-2-1-5-13-9)14-7-3-4-8-10(6-7)18-12(17)15-8/h1-6,13H,(H,14,16)(H,15,17). The van der Waals surface area contributed by atoms with Crippen molar-refractivity contribution in [2.24, 2.45) is 0 Å². The minimum Gasteiger partial charge on any atom is -0.357 e. The number of hydrogen-bond acceptors (Lipinski definition) is 3. The Morgan fingerprint density at radius 1 is 1.33 bits per heavy atom. The highest BCUT2D eigenvalue weighted by Gasteiger charge is 2.07. The highest BCUT2D eigenvalue weighted by Crippen LogP contribution is 2.23. The van der Waals surface area contributed by atoms with E-state index in [0.717, 1.165) is 19.9 Å². The predicted molar refractivity (Wildman–Crippen MR) is 75.8 cm³/mol. The van der Waals surface area contributed by atoms with Crippen molar-refractivity contribution in [3.8, 4) is 0 Å². The van der Waals surface area contributed by atoms with Gasteiger partial charge in [0.1, 0.15) is 5.69 Å². The van der Waals surface area contributed by atoms with Crippen molar-refractivity contribution in [3.05, 3.63) is 46.2 Å². The van der Waals surface area contributed by atoms with Crippen LogP contribution in [0.4, 0.5) is 5.69 Å².